The summed E-state index contributed by atoms with van der Waals surface area (Å²) in [7, 11) is 0. The fourth-order valence-corrected chi connectivity index (χ4v) is 4.06. The van der Waals surface area contributed by atoms with E-state index in [9.17, 15) is 0 Å². The second kappa shape index (κ2) is 10.7. The van der Waals surface area contributed by atoms with Gasteiger partial charge in [-0.25, -0.2) is 12.1 Å². The van der Waals surface area contributed by atoms with E-state index in [1.54, 1.807) is 0 Å². The van der Waals surface area contributed by atoms with Crippen molar-refractivity contribution in [3.8, 4) is 5.69 Å². The maximum absolute atomic E-state index is 2.37. The first-order valence-electron chi connectivity index (χ1n) is 10.1. The Kier molecular flexibility index (Phi) is 8.46. The number of nitrogens with zero attached hydrogens (tertiary/aromatic N) is 1. The van der Waals surface area contributed by atoms with Crippen molar-refractivity contribution in [2.75, 3.05) is 0 Å². The van der Waals surface area contributed by atoms with Crippen molar-refractivity contribution in [3.05, 3.63) is 114 Å². The van der Waals surface area contributed by atoms with E-state index in [-0.39, 0.29) is 35.6 Å². The van der Waals surface area contributed by atoms with Crippen LogP contribution in [0.1, 0.15) is 11.1 Å². The smallest absolute Gasteiger partial charge is 1.00 e. The van der Waals surface area contributed by atoms with Gasteiger partial charge in [0.15, 0.2) is 0 Å². The fourth-order valence-electron chi connectivity index (χ4n) is 4.06. The van der Waals surface area contributed by atoms with Crippen LogP contribution in [0.3, 0.4) is 0 Å². The van der Waals surface area contributed by atoms with E-state index in [2.05, 4.69) is 122 Å². The van der Waals surface area contributed by atoms with Crippen molar-refractivity contribution in [1.82, 2.24) is 4.57 Å². The van der Waals surface area contributed by atoms with Crippen LogP contribution < -0.4 is 9.41 Å². The molecular weight excluding hydrogens is 480 g/mol. The molecule has 0 saturated carbocycles. The number of hydrogen-bond donors (Lipinski definition) is 0. The van der Waals surface area contributed by atoms with E-state index < -0.39 is 0 Å². The molecule has 0 spiro atoms. The van der Waals surface area contributed by atoms with E-state index in [4.69, 9.17) is 0 Å². The summed E-state index contributed by atoms with van der Waals surface area (Å²) in [6, 6.07) is 36.7. The van der Waals surface area contributed by atoms with Crippen molar-refractivity contribution in [1.29, 1.82) is 0 Å². The summed E-state index contributed by atoms with van der Waals surface area (Å²) in [4.78, 5) is 0. The zero-order chi connectivity index (χ0) is 19.8. The summed E-state index contributed by atoms with van der Waals surface area (Å²) in [6.07, 6.45) is 0. The van der Waals surface area contributed by atoms with Crippen molar-refractivity contribution in [2.45, 2.75) is 13.8 Å². The second-order valence-electron chi connectivity index (χ2n) is 7.60. The molecule has 0 amide bonds. The Hall–Kier alpha value is -2.84. The molecule has 0 aliphatic heterocycles. The second-order valence-corrected chi connectivity index (χ2v) is 7.60. The van der Waals surface area contributed by atoms with Gasteiger partial charge in [0.05, 0.1) is 11.0 Å². The molecule has 0 atom stereocenters. The molecule has 0 aliphatic rings. The molecule has 0 radical (unpaired) electrons. The predicted octanol–water partition coefficient (Wildman–Crippen LogP) is 1.68. The third-order valence-corrected chi connectivity index (χ3v) is 5.76. The molecule has 0 saturated heterocycles. The van der Waals surface area contributed by atoms with Gasteiger partial charge in [0.2, 0.25) is 0 Å². The third kappa shape index (κ3) is 4.52. The first-order chi connectivity index (χ1) is 14.2. The number of aryl methyl sites for hydroxylation is 2. The number of benzene rings is 3. The van der Waals surface area contributed by atoms with Crippen molar-refractivity contribution < 1.29 is 35.6 Å². The number of hydrogen-bond acceptors (Lipinski definition) is 0. The largest absolute Gasteiger partial charge is 4.00 e. The van der Waals surface area contributed by atoms with Gasteiger partial charge in [-0.1, -0.05) is 56.3 Å². The van der Waals surface area contributed by atoms with Gasteiger partial charge >= 0.3 is 26.2 Å². The van der Waals surface area contributed by atoms with E-state index in [0.717, 1.165) is 0 Å². The molecule has 0 fully saturated rings. The number of para-hydroxylation sites is 2. The molecule has 0 N–H and O–H groups in total. The first kappa shape index (κ1) is 25.4. The summed E-state index contributed by atoms with van der Waals surface area (Å²) in [5.74, 6) is 0. The van der Waals surface area contributed by atoms with E-state index in [1.165, 1.54) is 49.4 Å². The van der Waals surface area contributed by atoms with E-state index in [0.29, 0.717) is 0 Å². The van der Waals surface area contributed by atoms with Crippen molar-refractivity contribution in [3.63, 3.8) is 0 Å². The van der Waals surface area contributed by atoms with Crippen LogP contribution in [0.2, 0.25) is 0 Å². The molecule has 0 aliphatic carbocycles. The average Bonchev–Trinajstić information content (AvgIpc) is 3.43. The zero-order valence-electron chi connectivity index (χ0n) is 18.0. The Morgan fingerprint density at radius 3 is 1.78 bits per heavy atom. The molecular formula is C28H23F2NZr. The molecule has 4 heteroatoms. The van der Waals surface area contributed by atoms with Gasteiger partial charge in [-0.15, -0.1) is 41.1 Å². The topological polar surface area (TPSA) is 4.93 Å². The standard InChI is InChI=1S/C21H14N.C7H9.2FH.Zr/c1-2-8-16-14-17(13-15(16)7-1)22-20-11-5-3-9-18(20)19-10-4-6-12-21(19)22;1-6-4-3-5-7(6)2;;;/h1-14H;3-5H,1-2H3;2*1H;/q2*-1;;;+4/p-2. The number of halogens is 2. The van der Waals surface area contributed by atoms with Gasteiger partial charge in [-0.2, -0.15) is 17.2 Å². The van der Waals surface area contributed by atoms with Crippen molar-refractivity contribution >= 4 is 32.6 Å². The molecule has 5 aromatic carbocycles. The average molecular weight is 503 g/mol. The minimum Gasteiger partial charge on any atom is -1.00 e. The van der Waals surface area contributed by atoms with E-state index >= 15 is 0 Å². The Balaban J connectivity index is 0.000000317. The fraction of sp³-hybridized carbons (Fsp3) is 0.0714. The van der Waals surface area contributed by atoms with Gasteiger partial charge in [0, 0.05) is 10.8 Å². The van der Waals surface area contributed by atoms with Crippen LogP contribution in [0.5, 0.6) is 0 Å². The van der Waals surface area contributed by atoms with Crippen LogP contribution in [0.15, 0.2) is 103 Å². The monoisotopic (exact) mass is 501 g/mol. The molecule has 6 rings (SSSR count). The first-order valence-corrected chi connectivity index (χ1v) is 10.1. The van der Waals surface area contributed by atoms with Crippen molar-refractivity contribution in [2.24, 2.45) is 0 Å². The van der Waals surface area contributed by atoms with Gasteiger partial charge < -0.3 is 14.0 Å². The molecule has 158 valence electrons. The molecule has 0 unspecified atom stereocenters. The minimum absolute atomic E-state index is 0. The molecule has 1 aromatic heterocycles. The maximum Gasteiger partial charge on any atom is 4.00 e. The minimum atomic E-state index is 0. The Labute approximate surface area is 205 Å². The Bertz CT molecular complexity index is 1340. The third-order valence-electron chi connectivity index (χ3n) is 5.76. The van der Waals surface area contributed by atoms with Gasteiger partial charge in [-0.05, 0) is 17.8 Å². The van der Waals surface area contributed by atoms with E-state index in [1.807, 2.05) is 0 Å². The summed E-state index contributed by atoms with van der Waals surface area (Å²) >= 11 is 0. The van der Waals surface area contributed by atoms with Crippen LogP contribution >= 0.6 is 0 Å². The van der Waals surface area contributed by atoms with Crippen LogP contribution in [0, 0.1) is 13.8 Å². The quantitative estimate of drug-likeness (QED) is 0.302. The normalized spacial score (nSPS) is 10.1. The number of rotatable bonds is 1. The molecule has 1 nitrogen and oxygen atoms in total. The van der Waals surface area contributed by atoms with Crippen LogP contribution in [-0.4, -0.2) is 4.57 Å². The zero-order valence-corrected chi connectivity index (χ0v) is 20.5. The molecule has 32 heavy (non-hydrogen) atoms. The van der Waals surface area contributed by atoms with Gasteiger partial charge in [0.25, 0.3) is 0 Å². The van der Waals surface area contributed by atoms with Crippen LogP contribution in [-0.2, 0) is 26.2 Å². The summed E-state index contributed by atoms with van der Waals surface area (Å²) in [6.45, 7) is 4.24. The van der Waals surface area contributed by atoms with Crippen LogP contribution in [0.4, 0.5) is 0 Å². The Morgan fingerprint density at radius 2 is 1.28 bits per heavy atom. The SMILES string of the molecule is Cc1ccc[c-]1C.[F-].[F-].[Zr+4].c1ccc2[cH-]c(-n3c4ccccc4c4ccccc43)cc2c1. The molecule has 6 aromatic rings. The maximum atomic E-state index is 2.37. The summed E-state index contributed by atoms with van der Waals surface area (Å²) < 4.78 is 2.37. The summed E-state index contributed by atoms with van der Waals surface area (Å²) in [5, 5.41) is 5.20. The van der Waals surface area contributed by atoms with Gasteiger partial charge in [-0.3, -0.25) is 0 Å². The van der Waals surface area contributed by atoms with Gasteiger partial charge in [0.1, 0.15) is 0 Å². The Morgan fingerprint density at radius 1 is 0.719 bits per heavy atom. The number of aromatic nitrogens is 1. The molecule has 1 heterocycles. The molecule has 0 bridgehead atoms. The van der Waals surface area contributed by atoms with Crippen LogP contribution in [0.25, 0.3) is 38.3 Å². The predicted molar refractivity (Wildman–Crippen MR) is 125 cm³/mol. The summed E-state index contributed by atoms with van der Waals surface area (Å²) in [5.41, 5.74) is 6.54. The number of fused-ring (bicyclic) bond motifs is 4.